The Balaban J connectivity index is 1.80. The predicted octanol–water partition coefficient (Wildman–Crippen LogP) is 4.34. The largest absolute Gasteiger partial charge is 0.340 e. The maximum absolute atomic E-state index is 4.67. The number of hydrogen-bond acceptors (Lipinski definition) is 5. The molecule has 1 N–H and O–H groups in total. The van der Waals surface area contributed by atoms with Gasteiger partial charge in [-0.2, -0.15) is 0 Å². The zero-order valence-corrected chi connectivity index (χ0v) is 13.4. The summed E-state index contributed by atoms with van der Waals surface area (Å²) in [4.78, 5) is 17.8. The van der Waals surface area contributed by atoms with Gasteiger partial charge in [-0.15, -0.1) is 0 Å². The van der Waals surface area contributed by atoms with Crippen LogP contribution >= 0.6 is 0 Å². The van der Waals surface area contributed by atoms with E-state index in [0.29, 0.717) is 11.6 Å². The molecule has 0 aliphatic heterocycles. The molecule has 25 heavy (non-hydrogen) atoms. The highest BCUT2D eigenvalue weighted by molar-refractivity contribution is 5.67. The fourth-order valence-electron chi connectivity index (χ4n) is 2.46. The third-order valence-corrected chi connectivity index (χ3v) is 3.64. The maximum Gasteiger partial charge on any atom is 0.162 e. The van der Waals surface area contributed by atoms with E-state index in [4.69, 9.17) is 0 Å². The van der Waals surface area contributed by atoms with E-state index in [-0.39, 0.29) is 0 Å². The lowest BCUT2D eigenvalue weighted by atomic mass is 10.2. The van der Waals surface area contributed by atoms with Crippen LogP contribution in [0, 0.1) is 0 Å². The number of aromatic nitrogens is 4. The van der Waals surface area contributed by atoms with Gasteiger partial charge in [0.25, 0.3) is 0 Å². The first-order valence-corrected chi connectivity index (χ1v) is 7.91. The van der Waals surface area contributed by atoms with Crippen LogP contribution in [0.5, 0.6) is 0 Å². The zero-order chi connectivity index (χ0) is 16.9. The minimum absolute atomic E-state index is 0.629. The number of hydrogen-bond donors (Lipinski definition) is 1. The van der Waals surface area contributed by atoms with Gasteiger partial charge in [-0.3, -0.25) is 9.97 Å². The average molecular weight is 325 g/mol. The monoisotopic (exact) mass is 325 g/mol. The summed E-state index contributed by atoms with van der Waals surface area (Å²) in [6.07, 6.45) is 5.22. The number of pyridine rings is 2. The Bertz CT molecular complexity index is 899. The summed E-state index contributed by atoms with van der Waals surface area (Å²) in [6, 6.07) is 21.4. The van der Waals surface area contributed by atoms with Gasteiger partial charge in [0.15, 0.2) is 5.82 Å². The summed E-state index contributed by atoms with van der Waals surface area (Å²) in [5.74, 6) is 1.35. The van der Waals surface area contributed by atoms with Gasteiger partial charge >= 0.3 is 0 Å². The Morgan fingerprint density at radius 3 is 2.24 bits per heavy atom. The minimum Gasteiger partial charge on any atom is -0.340 e. The van der Waals surface area contributed by atoms with E-state index in [1.54, 1.807) is 18.6 Å². The fourth-order valence-corrected chi connectivity index (χ4v) is 2.46. The molecular weight excluding hydrogens is 310 g/mol. The van der Waals surface area contributed by atoms with Crippen LogP contribution in [0.15, 0.2) is 85.3 Å². The number of benzene rings is 1. The van der Waals surface area contributed by atoms with E-state index in [1.807, 2.05) is 66.7 Å². The molecule has 0 saturated carbocycles. The summed E-state index contributed by atoms with van der Waals surface area (Å²) < 4.78 is 0. The van der Waals surface area contributed by atoms with Gasteiger partial charge in [0.05, 0.1) is 11.4 Å². The average Bonchev–Trinajstić information content (AvgIpc) is 2.70. The predicted molar refractivity (Wildman–Crippen MR) is 98.2 cm³/mol. The third kappa shape index (κ3) is 3.50. The Morgan fingerprint density at radius 1 is 0.680 bits per heavy atom. The lowest BCUT2D eigenvalue weighted by molar-refractivity contribution is 1.15. The van der Waals surface area contributed by atoms with Crippen molar-refractivity contribution in [2.45, 2.75) is 0 Å². The van der Waals surface area contributed by atoms with Crippen molar-refractivity contribution < 1.29 is 0 Å². The number of anilines is 2. The van der Waals surface area contributed by atoms with Gasteiger partial charge in [-0.1, -0.05) is 24.3 Å². The Morgan fingerprint density at radius 2 is 1.48 bits per heavy atom. The number of rotatable bonds is 4. The molecule has 4 aromatic rings. The van der Waals surface area contributed by atoms with Gasteiger partial charge in [-0.25, -0.2) is 9.97 Å². The van der Waals surface area contributed by atoms with Crippen LogP contribution in [-0.4, -0.2) is 19.9 Å². The molecule has 0 radical (unpaired) electrons. The van der Waals surface area contributed by atoms with Gasteiger partial charge < -0.3 is 5.32 Å². The number of nitrogens with one attached hydrogen (secondary N) is 1. The summed E-state index contributed by atoms with van der Waals surface area (Å²) in [6.45, 7) is 0. The maximum atomic E-state index is 4.67. The van der Waals surface area contributed by atoms with Crippen molar-refractivity contribution in [1.82, 2.24) is 19.9 Å². The molecule has 120 valence electrons. The van der Waals surface area contributed by atoms with Crippen LogP contribution in [0.1, 0.15) is 0 Å². The standard InChI is InChI=1S/C20H15N5/c1-2-6-16(7-3-1)23-19-14-18(17-8-4-5-11-22-17)24-20(25-19)15-9-12-21-13-10-15/h1-14H,(H,23,24,25). The second-order valence-corrected chi connectivity index (χ2v) is 5.40. The normalized spacial score (nSPS) is 10.4. The topological polar surface area (TPSA) is 63.6 Å². The van der Waals surface area contributed by atoms with Crippen molar-refractivity contribution in [3.8, 4) is 22.8 Å². The Hall–Kier alpha value is -3.60. The van der Waals surface area contributed by atoms with Crippen molar-refractivity contribution in [1.29, 1.82) is 0 Å². The highest BCUT2D eigenvalue weighted by atomic mass is 15.0. The summed E-state index contributed by atoms with van der Waals surface area (Å²) in [5.41, 5.74) is 3.44. The second kappa shape index (κ2) is 6.88. The van der Waals surface area contributed by atoms with E-state index in [9.17, 15) is 0 Å². The highest BCUT2D eigenvalue weighted by Gasteiger charge is 2.09. The molecule has 0 bridgehead atoms. The number of para-hydroxylation sites is 1. The zero-order valence-electron chi connectivity index (χ0n) is 13.4. The second-order valence-electron chi connectivity index (χ2n) is 5.40. The molecule has 0 aliphatic carbocycles. The van der Waals surface area contributed by atoms with Crippen LogP contribution in [0.25, 0.3) is 22.8 Å². The van der Waals surface area contributed by atoms with Crippen LogP contribution in [-0.2, 0) is 0 Å². The van der Waals surface area contributed by atoms with Gasteiger partial charge in [0.2, 0.25) is 0 Å². The summed E-state index contributed by atoms with van der Waals surface area (Å²) in [7, 11) is 0. The molecule has 0 saturated heterocycles. The molecule has 4 rings (SSSR count). The lowest BCUT2D eigenvalue weighted by Crippen LogP contribution is -2.00. The van der Waals surface area contributed by atoms with Crippen LogP contribution in [0.4, 0.5) is 11.5 Å². The van der Waals surface area contributed by atoms with E-state index in [2.05, 4.69) is 25.3 Å². The molecule has 3 aromatic heterocycles. The first kappa shape index (κ1) is 15.0. The highest BCUT2D eigenvalue weighted by Crippen LogP contribution is 2.24. The summed E-state index contributed by atoms with van der Waals surface area (Å²) in [5, 5.41) is 3.33. The van der Waals surface area contributed by atoms with Crippen molar-refractivity contribution in [3.63, 3.8) is 0 Å². The van der Waals surface area contributed by atoms with E-state index in [0.717, 1.165) is 22.6 Å². The van der Waals surface area contributed by atoms with Crippen LogP contribution < -0.4 is 5.32 Å². The molecular formula is C20H15N5. The van der Waals surface area contributed by atoms with Crippen molar-refractivity contribution in [2.24, 2.45) is 0 Å². The Labute approximate surface area is 145 Å². The fraction of sp³-hybridized carbons (Fsp3) is 0. The first-order chi connectivity index (χ1) is 12.4. The molecule has 0 amide bonds. The van der Waals surface area contributed by atoms with Crippen molar-refractivity contribution in [2.75, 3.05) is 5.32 Å². The van der Waals surface area contributed by atoms with Crippen LogP contribution in [0.2, 0.25) is 0 Å². The van der Waals surface area contributed by atoms with Gasteiger partial charge in [0.1, 0.15) is 5.82 Å². The first-order valence-electron chi connectivity index (χ1n) is 7.91. The molecule has 0 spiro atoms. The van der Waals surface area contributed by atoms with Gasteiger partial charge in [-0.05, 0) is 36.4 Å². The molecule has 0 aliphatic rings. The Kier molecular flexibility index (Phi) is 4.12. The molecule has 0 atom stereocenters. The van der Waals surface area contributed by atoms with Crippen molar-refractivity contribution in [3.05, 3.63) is 85.3 Å². The quantitative estimate of drug-likeness (QED) is 0.604. The van der Waals surface area contributed by atoms with E-state index < -0.39 is 0 Å². The molecule has 5 heteroatoms. The smallest absolute Gasteiger partial charge is 0.162 e. The molecule has 1 aromatic carbocycles. The van der Waals surface area contributed by atoms with E-state index in [1.165, 1.54) is 0 Å². The molecule has 0 fully saturated rings. The summed E-state index contributed by atoms with van der Waals surface area (Å²) >= 11 is 0. The van der Waals surface area contributed by atoms with Gasteiger partial charge in [0, 0.05) is 35.9 Å². The van der Waals surface area contributed by atoms with E-state index >= 15 is 0 Å². The van der Waals surface area contributed by atoms with Crippen LogP contribution in [0.3, 0.4) is 0 Å². The minimum atomic E-state index is 0.629. The number of nitrogens with zero attached hydrogens (tertiary/aromatic N) is 4. The lowest BCUT2D eigenvalue weighted by Gasteiger charge is -2.10. The molecule has 5 nitrogen and oxygen atoms in total. The third-order valence-electron chi connectivity index (χ3n) is 3.64. The molecule has 3 heterocycles. The SMILES string of the molecule is c1ccc(Nc2cc(-c3ccccn3)nc(-c3ccncc3)n2)cc1. The van der Waals surface area contributed by atoms with Crippen molar-refractivity contribution >= 4 is 11.5 Å². The molecule has 0 unspecified atom stereocenters.